The molecule has 0 unspecified atom stereocenters. The minimum atomic E-state index is -0.164. The lowest BCUT2D eigenvalue weighted by Gasteiger charge is -2.18. The van der Waals surface area contributed by atoms with Crippen molar-refractivity contribution < 1.29 is 9.59 Å². The number of amides is 2. The van der Waals surface area contributed by atoms with Crippen LogP contribution >= 0.6 is 0 Å². The third kappa shape index (κ3) is 4.63. The Balaban J connectivity index is 1.39. The number of nitrogens with zero attached hydrogens (tertiary/aromatic N) is 2. The summed E-state index contributed by atoms with van der Waals surface area (Å²) in [6, 6.07) is 17.6. The van der Waals surface area contributed by atoms with E-state index in [9.17, 15) is 9.59 Å². The third-order valence-corrected chi connectivity index (χ3v) is 4.68. The molecule has 5 heteroatoms. The van der Waals surface area contributed by atoms with Crippen LogP contribution in [-0.2, 0) is 11.3 Å². The first-order chi connectivity index (χ1) is 13.1. The Morgan fingerprint density at radius 3 is 2.44 bits per heavy atom. The van der Waals surface area contributed by atoms with E-state index in [-0.39, 0.29) is 18.4 Å². The molecule has 0 bridgehead atoms. The molecular formula is C22H25N3O2. The number of nitrogens with one attached hydrogen (secondary N) is 1. The highest BCUT2D eigenvalue weighted by atomic mass is 16.2. The molecule has 0 radical (unpaired) electrons. The Bertz CT molecular complexity index is 797. The van der Waals surface area contributed by atoms with Crippen molar-refractivity contribution in [3.8, 4) is 0 Å². The normalized spacial score (nSPS) is 13.2. The van der Waals surface area contributed by atoms with Crippen LogP contribution in [0.4, 0.5) is 0 Å². The van der Waals surface area contributed by atoms with Crippen LogP contribution in [0, 0.1) is 0 Å². The highest BCUT2D eigenvalue weighted by molar-refractivity contribution is 6.10. The molecule has 5 nitrogen and oxygen atoms in total. The molecule has 0 atom stereocenters. The van der Waals surface area contributed by atoms with Crippen LogP contribution in [0.2, 0.25) is 0 Å². The number of benzene rings is 2. The van der Waals surface area contributed by atoms with Gasteiger partial charge in [0.15, 0.2) is 0 Å². The average Bonchev–Trinajstić information content (AvgIpc) is 2.91. The molecule has 1 aliphatic rings. The maximum atomic E-state index is 12.4. The Hall–Kier alpha value is -2.92. The van der Waals surface area contributed by atoms with E-state index >= 15 is 0 Å². The second-order valence-corrected chi connectivity index (χ2v) is 6.81. The molecule has 1 N–H and O–H groups in total. The van der Waals surface area contributed by atoms with E-state index in [0.717, 1.165) is 25.1 Å². The zero-order chi connectivity index (χ0) is 19.2. The van der Waals surface area contributed by atoms with Crippen molar-refractivity contribution >= 4 is 17.5 Å². The molecular weight excluding hydrogens is 338 g/mol. The van der Waals surface area contributed by atoms with Crippen LogP contribution in [0.25, 0.3) is 5.70 Å². The van der Waals surface area contributed by atoms with Crippen molar-refractivity contribution in [2.24, 2.45) is 0 Å². The molecule has 0 fully saturated rings. The van der Waals surface area contributed by atoms with Gasteiger partial charge in [-0.1, -0.05) is 55.1 Å². The number of rotatable bonds is 8. The summed E-state index contributed by atoms with van der Waals surface area (Å²) >= 11 is 0. The quantitative estimate of drug-likeness (QED) is 0.734. The lowest BCUT2D eigenvalue weighted by molar-refractivity contribution is -0.121. The zero-order valence-corrected chi connectivity index (χ0v) is 15.6. The number of fused-ring (bicyclic) bond motifs is 1. The first-order valence-electron chi connectivity index (χ1n) is 9.15. The van der Waals surface area contributed by atoms with Crippen LogP contribution in [0.5, 0.6) is 0 Å². The summed E-state index contributed by atoms with van der Waals surface area (Å²) in [6.45, 7) is 6.32. The molecule has 0 spiro atoms. The Labute approximate surface area is 160 Å². The molecule has 0 saturated heterocycles. The van der Waals surface area contributed by atoms with Gasteiger partial charge in [-0.3, -0.25) is 14.5 Å². The summed E-state index contributed by atoms with van der Waals surface area (Å²) in [6.07, 6.45) is 0.851. The molecule has 3 rings (SSSR count). The Morgan fingerprint density at radius 2 is 1.74 bits per heavy atom. The topological polar surface area (TPSA) is 52.7 Å². The van der Waals surface area contributed by atoms with Gasteiger partial charge in [-0.25, -0.2) is 0 Å². The van der Waals surface area contributed by atoms with Gasteiger partial charge in [0.2, 0.25) is 5.91 Å². The standard InChI is InChI=1S/C22H25N3O2/c1-17-19-11-6-7-12-20(19)22(27)25(17)16-21(26)23-13-8-14-24(2)15-18-9-4-3-5-10-18/h3-7,9-12H,1,8,13-16H2,2H3,(H,23,26). The minimum Gasteiger partial charge on any atom is -0.355 e. The van der Waals surface area contributed by atoms with E-state index in [1.165, 1.54) is 10.5 Å². The lowest BCUT2D eigenvalue weighted by Crippen LogP contribution is -2.37. The molecule has 0 aromatic heterocycles. The summed E-state index contributed by atoms with van der Waals surface area (Å²) in [5, 5.41) is 2.90. The number of carbonyl (C=O) groups excluding carboxylic acids is 2. The van der Waals surface area contributed by atoms with E-state index in [4.69, 9.17) is 0 Å². The van der Waals surface area contributed by atoms with Crippen LogP contribution in [0.15, 0.2) is 61.2 Å². The van der Waals surface area contributed by atoms with Crippen molar-refractivity contribution in [1.82, 2.24) is 15.1 Å². The fourth-order valence-electron chi connectivity index (χ4n) is 3.25. The molecule has 0 saturated carbocycles. The summed E-state index contributed by atoms with van der Waals surface area (Å²) in [5.41, 5.74) is 3.28. The summed E-state index contributed by atoms with van der Waals surface area (Å²) < 4.78 is 0. The summed E-state index contributed by atoms with van der Waals surface area (Å²) in [7, 11) is 2.07. The minimum absolute atomic E-state index is 0.00615. The van der Waals surface area contributed by atoms with E-state index in [0.29, 0.717) is 17.8 Å². The number of hydrogen-bond acceptors (Lipinski definition) is 3. The first kappa shape index (κ1) is 18.9. The maximum Gasteiger partial charge on any atom is 0.259 e. The summed E-state index contributed by atoms with van der Waals surface area (Å²) in [4.78, 5) is 28.3. The molecule has 1 aliphatic heterocycles. The Kier molecular flexibility index (Phi) is 6.04. The third-order valence-electron chi connectivity index (χ3n) is 4.68. The van der Waals surface area contributed by atoms with Gasteiger partial charge in [0.05, 0.1) is 0 Å². The number of hydrogen-bond donors (Lipinski definition) is 1. The van der Waals surface area contributed by atoms with Gasteiger partial charge < -0.3 is 10.2 Å². The van der Waals surface area contributed by atoms with Crippen LogP contribution < -0.4 is 5.32 Å². The van der Waals surface area contributed by atoms with E-state index in [1.807, 2.05) is 36.4 Å². The van der Waals surface area contributed by atoms with Gasteiger partial charge in [0, 0.05) is 29.9 Å². The fourth-order valence-corrected chi connectivity index (χ4v) is 3.25. The fraction of sp³-hybridized carbons (Fsp3) is 0.273. The maximum absolute atomic E-state index is 12.4. The molecule has 27 heavy (non-hydrogen) atoms. The summed E-state index contributed by atoms with van der Waals surface area (Å²) in [5.74, 6) is -0.323. The van der Waals surface area contributed by atoms with Crippen molar-refractivity contribution in [2.45, 2.75) is 13.0 Å². The van der Waals surface area contributed by atoms with Crippen LogP contribution in [-0.4, -0.2) is 48.3 Å². The van der Waals surface area contributed by atoms with Crippen LogP contribution in [0.1, 0.15) is 27.9 Å². The largest absolute Gasteiger partial charge is 0.355 e. The average molecular weight is 363 g/mol. The van der Waals surface area contributed by atoms with E-state index in [1.54, 1.807) is 6.07 Å². The molecule has 1 heterocycles. The lowest BCUT2D eigenvalue weighted by atomic mass is 10.1. The van der Waals surface area contributed by atoms with Gasteiger partial charge in [0.1, 0.15) is 6.54 Å². The molecule has 140 valence electrons. The molecule has 2 amide bonds. The van der Waals surface area contributed by atoms with Crippen molar-refractivity contribution in [3.05, 3.63) is 77.9 Å². The van der Waals surface area contributed by atoms with Gasteiger partial charge >= 0.3 is 0 Å². The van der Waals surface area contributed by atoms with Gasteiger partial charge in [-0.05, 0) is 31.6 Å². The number of carbonyl (C=O) groups is 2. The van der Waals surface area contributed by atoms with Crippen molar-refractivity contribution in [2.75, 3.05) is 26.7 Å². The predicted molar refractivity (Wildman–Crippen MR) is 107 cm³/mol. The second kappa shape index (κ2) is 8.64. The highest BCUT2D eigenvalue weighted by Crippen LogP contribution is 2.30. The van der Waals surface area contributed by atoms with Crippen molar-refractivity contribution in [1.29, 1.82) is 0 Å². The molecule has 2 aromatic rings. The van der Waals surface area contributed by atoms with Gasteiger partial charge in [-0.15, -0.1) is 0 Å². The highest BCUT2D eigenvalue weighted by Gasteiger charge is 2.31. The van der Waals surface area contributed by atoms with Crippen molar-refractivity contribution in [3.63, 3.8) is 0 Å². The smallest absolute Gasteiger partial charge is 0.259 e. The second-order valence-electron chi connectivity index (χ2n) is 6.81. The van der Waals surface area contributed by atoms with Gasteiger partial charge in [-0.2, -0.15) is 0 Å². The molecule has 2 aromatic carbocycles. The zero-order valence-electron chi connectivity index (χ0n) is 15.6. The Morgan fingerprint density at radius 1 is 1.07 bits per heavy atom. The predicted octanol–water partition coefficient (Wildman–Crippen LogP) is 2.75. The molecule has 0 aliphatic carbocycles. The van der Waals surface area contributed by atoms with Gasteiger partial charge in [0.25, 0.3) is 5.91 Å². The van der Waals surface area contributed by atoms with E-state index < -0.39 is 0 Å². The monoisotopic (exact) mass is 363 g/mol. The van der Waals surface area contributed by atoms with Crippen LogP contribution in [0.3, 0.4) is 0 Å². The van der Waals surface area contributed by atoms with E-state index in [2.05, 4.69) is 36.0 Å². The first-order valence-corrected chi connectivity index (χ1v) is 9.15. The SMILES string of the molecule is C=C1c2ccccc2C(=O)N1CC(=O)NCCCN(C)Cc1ccccc1.